The summed E-state index contributed by atoms with van der Waals surface area (Å²) in [4.78, 5) is 21.6. The highest BCUT2D eigenvalue weighted by atomic mass is 79.9. The Kier molecular flexibility index (Phi) is 6.38. The van der Waals surface area contributed by atoms with Crippen molar-refractivity contribution >= 4 is 21.8 Å². The zero-order chi connectivity index (χ0) is 22.0. The number of aryl methyl sites for hydroxylation is 2. The van der Waals surface area contributed by atoms with Crippen molar-refractivity contribution in [3.8, 4) is 17.2 Å². The Morgan fingerprint density at radius 1 is 1.16 bits per heavy atom. The van der Waals surface area contributed by atoms with E-state index in [0.29, 0.717) is 48.4 Å². The largest absolute Gasteiger partial charge is 0.496 e. The number of benzene rings is 1. The zero-order valence-electron chi connectivity index (χ0n) is 17.7. The maximum absolute atomic E-state index is 13.0. The molecule has 1 amide bonds. The van der Waals surface area contributed by atoms with Crippen molar-refractivity contribution in [2.75, 3.05) is 33.3 Å². The van der Waals surface area contributed by atoms with Gasteiger partial charge in [-0.25, -0.2) is 0 Å². The minimum Gasteiger partial charge on any atom is -0.496 e. The van der Waals surface area contributed by atoms with E-state index in [4.69, 9.17) is 13.8 Å². The second kappa shape index (κ2) is 9.19. The van der Waals surface area contributed by atoms with E-state index < -0.39 is 0 Å². The molecule has 0 atom stereocenters. The fourth-order valence-corrected chi connectivity index (χ4v) is 4.26. The molecule has 0 N–H and O–H groups in total. The van der Waals surface area contributed by atoms with E-state index in [1.807, 2.05) is 18.7 Å². The minimum absolute atomic E-state index is 0.0189. The van der Waals surface area contributed by atoms with Crippen molar-refractivity contribution in [2.45, 2.75) is 26.8 Å². The lowest BCUT2D eigenvalue weighted by molar-refractivity contribution is 0.0761. The molecule has 0 radical (unpaired) electrons. The van der Waals surface area contributed by atoms with Gasteiger partial charge in [0.25, 0.3) is 11.8 Å². The molecule has 0 bridgehead atoms. The van der Waals surface area contributed by atoms with Gasteiger partial charge in [-0.3, -0.25) is 9.69 Å². The quantitative estimate of drug-likeness (QED) is 0.537. The van der Waals surface area contributed by atoms with Crippen LogP contribution in [0.15, 0.2) is 31.7 Å². The molecule has 31 heavy (non-hydrogen) atoms. The lowest BCUT2D eigenvalue weighted by Crippen LogP contribution is -2.35. The van der Waals surface area contributed by atoms with Gasteiger partial charge in [-0.2, -0.15) is 4.98 Å². The molecule has 1 aliphatic heterocycles. The molecule has 10 heteroatoms. The zero-order valence-corrected chi connectivity index (χ0v) is 19.3. The molecule has 1 fully saturated rings. The van der Waals surface area contributed by atoms with Crippen LogP contribution in [0.4, 0.5) is 0 Å². The van der Waals surface area contributed by atoms with Gasteiger partial charge >= 0.3 is 0 Å². The van der Waals surface area contributed by atoms with Gasteiger partial charge in [0.1, 0.15) is 17.1 Å². The van der Waals surface area contributed by atoms with Gasteiger partial charge < -0.3 is 18.7 Å². The number of halogens is 1. The predicted molar refractivity (Wildman–Crippen MR) is 116 cm³/mol. The van der Waals surface area contributed by atoms with Gasteiger partial charge in [-0.05, 0) is 54.4 Å². The van der Waals surface area contributed by atoms with Gasteiger partial charge in [0.2, 0.25) is 0 Å². The molecule has 0 aliphatic carbocycles. The van der Waals surface area contributed by atoms with E-state index in [1.54, 1.807) is 25.3 Å². The number of methoxy groups -OCH3 is 1. The standard InChI is InChI=1S/C21H24BrN5O4/c1-13-19(14(2)30-24-13)20-23-18(25-31-20)12-26-7-4-8-27(10-9-26)21(28)15-5-6-17(29-3)16(22)11-15/h5-6,11H,4,7-10,12H2,1-3H3. The number of carbonyl (C=O) groups excluding carboxylic acids is 1. The van der Waals surface area contributed by atoms with Gasteiger partial charge in [-0.15, -0.1) is 0 Å². The predicted octanol–water partition coefficient (Wildman–Crippen LogP) is 3.46. The van der Waals surface area contributed by atoms with Crippen molar-refractivity contribution in [2.24, 2.45) is 0 Å². The van der Waals surface area contributed by atoms with Gasteiger partial charge in [0, 0.05) is 31.7 Å². The third-order valence-corrected chi connectivity index (χ3v) is 5.97. The van der Waals surface area contributed by atoms with E-state index in [0.717, 1.165) is 35.2 Å². The molecule has 0 spiro atoms. The molecular formula is C21H24BrN5O4. The first-order valence-electron chi connectivity index (χ1n) is 10.1. The Morgan fingerprint density at radius 2 is 2.00 bits per heavy atom. The summed E-state index contributed by atoms with van der Waals surface area (Å²) in [7, 11) is 1.60. The van der Waals surface area contributed by atoms with Crippen LogP contribution < -0.4 is 4.74 Å². The first-order valence-corrected chi connectivity index (χ1v) is 10.9. The van der Waals surface area contributed by atoms with Crippen LogP contribution in [0.1, 0.15) is 34.1 Å². The molecule has 1 saturated heterocycles. The summed E-state index contributed by atoms with van der Waals surface area (Å²) in [5, 5.41) is 8.05. The van der Waals surface area contributed by atoms with Gasteiger partial charge in [0.05, 0.1) is 23.8 Å². The maximum atomic E-state index is 13.0. The fourth-order valence-electron chi connectivity index (χ4n) is 3.72. The summed E-state index contributed by atoms with van der Waals surface area (Å²) >= 11 is 3.45. The first-order chi connectivity index (χ1) is 15.0. The topological polar surface area (TPSA) is 97.7 Å². The van der Waals surface area contributed by atoms with Gasteiger partial charge in [-0.1, -0.05) is 10.3 Å². The summed E-state index contributed by atoms with van der Waals surface area (Å²) in [6.45, 7) is 7.15. The van der Waals surface area contributed by atoms with Crippen LogP contribution in [0.3, 0.4) is 0 Å². The van der Waals surface area contributed by atoms with Crippen LogP contribution in [-0.4, -0.2) is 64.3 Å². The number of ether oxygens (including phenoxy) is 1. The average molecular weight is 490 g/mol. The molecule has 3 heterocycles. The second-order valence-electron chi connectivity index (χ2n) is 7.49. The summed E-state index contributed by atoms with van der Waals surface area (Å²) in [6, 6.07) is 5.40. The minimum atomic E-state index is 0.0189. The number of amides is 1. The van der Waals surface area contributed by atoms with E-state index in [-0.39, 0.29) is 5.91 Å². The lowest BCUT2D eigenvalue weighted by Gasteiger charge is -2.21. The Morgan fingerprint density at radius 3 is 2.71 bits per heavy atom. The van der Waals surface area contributed by atoms with E-state index >= 15 is 0 Å². The molecule has 4 rings (SSSR count). The van der Waals surface area contributed by atoms with Crippen LogP contribution in [-0.2, 0) is 6.54 Å². The Labute approximate surface area is 188 Å². The number of hydrogen-bond donors (Lipinski definition) is 0. The molecule has 1 aromatic carbocycles. The Balaban J connectivity index is 1.38. The van der Waals surface area contributed by atoms with Crippen LogP contribution in [0, 0.1) is 13.8 Å². The number of nitrogens with zero attached hydrogens (tertiary/aromatic N) is 5. The normalized spacial score (nSPS) is 15.2. The van der Waals surface area contributed by atoms with E-state index in [1.165, 1.54) is 0 Å². The Hall–Kier alpha value is -2.72. The molecule has 0 unspecified atom stereocenters. The van der Waals surface area contributed by atoms with Crippen LogP contribution >= 0.6 is 15.9 Å². The number of hydrogen-bond acceptors (Lipinski definition) is 8. The smallest absolute Gasteiger partial charge is 0.263 e. The summed E-state index contributed by atoms with van der Waals surface area (Å²) in [5.41, 5.74) is 2.11. The molecule has 9 nitrogen and oxygen atoms in total. The molecule has 0 saturated carbocycles. The SMILES string of the molecule is COc1ccc(C(=O)N2CCCN(Cc3noc(-c4c(C)noc4C)n3)CC2)cc1Br. The molecular weight excluding hydrogens is 466 g/mol. The lowest BCUT2D eigenvalue weighted by atomic mass is 10.2. The van der Waals surface area contributed by atoms with Crippen LogP contribution in [0.25, 0.3) is 11.5 Å². The number of carbonyl (C=O) groups is 1. The maximum Gasteiger partial charge on any atom is 0.263 e. The fraction of sp³-hybridized carbons (Fsp3) is 0.429. The van der Waals surface area contributed by atoms with E-state index in [9.17, 15) is 4.79 Å². The Bertz CT molecular complexity index is 1060. The first kappa shape index (κ1) is 21.5. The monoisotopic (exact) mass is 489 g/mol. The number of aromatic nitrogens is 3. The molecule has 1 aliphatic rings. The third-order valence-electron chi connectivity index (χ3n) is 5.35. The average Bonchev–Trinajstić information content (AvgIpc) is 3.26. The van der Waals surface area contributed by atoms with Crippen molar-refractivity contribution in [1.82, 2.24) is 25.1 Å². The summed E-state index contributed by atoms with van der Waals surface area (Å²) in [5.74, 6) is 2.40. The van der Waals surface area contributed by atoms with Crippen LogP contribution in [0.5, 0.6) is 5.75 Å². The highest BCUT2D eigenvalue weighted by Gasteiger charge is 2.23. The highest BCUT2D eigenvalue weighted by molar-refractivity contribution is 9.10. The molecule has 3 aromatic rings. The number of rotatable bonds is 5. The molecule has 164 valence electrons. The van der Waals surface area contributed by atoms with E-state index in [2.05, 4.69) is 36.1 Å². The summed E-state index contributed by atoms with van der Waals surface area (Å²) < 4.78 is 16.6. The van der Waals surface area contributed by atoms with Crippen molar-refractivity contribution in [3.63, 3.8) is 0 Å². The summed E-state index contributed by atoms with van der Waals surface area (Å²) in [6.07, 6.45) is 0.873. The molecule has 2 aromatic heterocycles. The third kappa shape index (κ3) is 4.64. The van der Waals surface area contributed by atoms with Crippen molar-refractivity contribution < 1.29 is 18.6 Å². The highest BCUT2D eigenvalue weighted by Crippen LogP contribution is 2.27. The van der Waals surface area contributed by atoms with Gasteiger partial charge in [0.15, 0.2) is 5.82 Å². The van der Waals surface area contributed by atoms with Crippen molar-refractivity contribution in [3.05, 3.63) is 45.5 Å². The second-order valence-corrected chi connectivity index (χ2v) is 8.34. The van der Waals surface area contributed by atoms with Crippen LogP contribution in [0.2, 0.25) is 0 Å². The van der Waals surface area contributed by atoms with Crippen molar-refractivity contribution in [1.29, 1.82) is 0 Å².